The Kier molecular flexibility index (Phi) is 6.33. The molecule has 29 heavy (non-hydrogen) atoms. The SMILES string of the molecule is O=C1NCCOCCOc2ccc(-c3ccc(Cl)c(F)c3)cc2CN2CCC[C@@H]12. The van der Waals surface area contributed by atoms with E-state index in [0.29, 0.717) is 32.9 Å². The van der Waals surface area contributed by atoms with E-state index in [9.17, 15) is 9.18 Å². The van der Waals surface area contributed by atoms with Crippen molar-refractivity contribution in [3.8, 4) is 16.9 Å². The van der Waals surface area contributed by atoms with Gasteiger partial charge in [0.15, 0.2) is 0 Å². The quantitative estimate of drug-likeness (QED) is 0.768. The molecule has 1 saturated heterocycles. The van der Waals surface area contributed by atoms with Crippen LogP contribution in [-0.2, 0) is 16.1 Å². The maximum absolute atomic E-state index is 13.9. The highest BCUT2D eigenvalue weighted by Gasteiger charge is 2.31. The van der Waals surface area contributed by atoms with Gasteiger partial charge in [-0.1, -0.05) is 23.7 Å². The number of carbonyl (C=O) groups excluding carboxylic acids is 1. The van der Waals surface area contributed by atoms with Crippen LogP contribution in [-0.4, -0.2) is 49.8 Å². The van der Waals surface area contributed by atoms with Crippen LogP contribution < -0.4 is 10.1 Å². The van der Waals surface area contributed by atoms with Crippen molar-refractivity contribution >= 4 is 17.5 Å². The topological polar surface area (TPSA) is 50.8 Å². The van der Waals surface area contributed by atoms with Gasteiger partial charge in [-0.05, 0) is 54.8 Å². The molecule has 5 nitrogen and oxygen atoms in total. The second-order valence-electron chi connectivity index (χ2n) is 7.33. The van der Waals surface area contributed by atoms with Gasteiger partial charge in [-0.25, -0.2) is 4.39 Å². The van der Waals surface area contributed by atoms with Gasteiger partial charge in [-0.15, -0.1) is 0 Å². The first kappa shape index (κ1) is 20.1. The molecule has 2 heterocycles. The Hall–Kier alpha value is -2.15. The van der Waals surface area contributed by atoms with E-state index in [-0.39, 0.29) is 17.0 Å². The van der Waals surface area contributed by atoms with Crippen LogP contribution in [0.2, 0.25) is 5.02 Å². The Bertz CT molecular complexity index is 892. The molecule has 1 atom stereocenters. The fourth-order valence-corrected chi connectivity index (χ4v) is 4.02. The molecule has 2 aromatic rings. The lowest BCUT2D eigenvalue weighted by molar-refractivity contribution is -0.125. The molecule has 1 fully saturated rings. The van der Waals surface area contributed by atoms with Crippen molar-refractivity contribution in [2.24, 2.45) is 0 Å². The minimum atomic E-state index is -0.446. The second-order valence-corrected chi connectivity index (χ2v) is 7.74. The summed E-state index contributed by atoms with van der Waals surface area (Å²) < 4.78 is 25.4. The molecule has 0 bridgehead atoms. The largest absolute Gasteiger partial charge is 0.491 e. The molecule has 7 heteroatoms. The van der Waals surface area contributed by atoms with Crippen molar-refractivity contribution < 1.29 is 18.7 Å². The third-order valence-corrected chi connectivity index (χ3v) is 5.69. The lowest BCUT2D eigenvalue weighted by atomic mass is 10.0. The van der Waals surface area contributed by atoms with Crippen LogP contribution in [0.1, 0.15) is 18.4 Å². The van der Waals surface area contributed by atoms with Crippen molar-refractivity contribution in [1.82, 2.24) is 10.2 Å². The van der Waals surface area contributed by atoms with Gasteiger partial charge in [0.05, 0.1) is 24.3 Å². The number of nitrogens with one attached hydrogen (secondary N) is 1. The van der Waals surface area contributed by atoms with Crippen LogP contribution >= 0.6 is 11.6 Å². The Morgan fingerprint density at radius 3 is 2.79 bits per heavy atom. The van der Waals surface area contributed by atoms with Crippen LogP contribution in [0.4, 0.5) is 4.39 Å². The van der Waals surface area contributed by atoms with Crippen molar-refractivity contribution in [3.05, 3.63) is 52.8 Å². The van der Waals surface area contributed by atoms with Gasteiger partial charge in [0.1, 0.15) is 18.2 Å². The molecule has 2 aromatic carbocycles. The lowest BCUT2D eigenvalue weighted by Crippen LogP contribution is -2.43. The highest BCUT2D eigenvalue weighted by Crippen LogP contribution is 2.31. The Balaban J connectivity index is 1.66. The molecule has 1 amide bonds. The number of carbonyl (C=O) groups is 1. The normalized spacial score (nSPS) is 21.0. The molecule has 0 spiro atoms. The van der Waals surface area contributed by atoms with E-state index in [2.05, 4.69) is 10.2 Å². The third kappa shape index (κ3) is 4.71. The number of nitrogens with zero attached hydrogens (tertiary/aromatic N) is 1. The molecule has 0 radical (unpaired) electrons. The molecule has 0 aromatic heterocycles. The van der Waals surface area contributed by atoms with Crippen LogP contribution in [0, 0.1) is 5.82 Å². The fourth-order valence-electron chi connectivity index (χ4n) is 3.91. The molecule has 1 N–H and O–H groups in total. The van der Waals surface area contributed by atoms with Crippen LogP contribution in [0.15, 0.2) is 36.4 Å². The van der Waals surface area contributed by atoms with E-state index in [1.54, 1.807) is 12.1 Å². The van der Waals surface area contributed by atoms with Gasteiger partial charge in [0, 0.05) is 18.7 Å². The van der Waals surface area contributed by atoms with Crippen molar-refractivity contribution in [3.63, 3.8) is 0 Å². The van der Waals surface area contributed by atoms with Gasteiger partial charge in [0.2, 0.25) is 5.91 Å². The smallest absolute Gasteiger partial charge is 0.237 e. The number of benzene rings is 2. The van der Waals surface area contributed by atoms with E-state index >= 15 is 0 Å². The first-order chi connectivity index (χ1) is 14.1. The van der Waals surface area contributed by atoms with E-state index in [0.717, 1.165) is 41.8 Å². The van der Waals surface area contributed by atoms with Crippen molar-refractivity contribution in [2.75, 3.05) is 32.9 Å². The number of rotatable bonds is 1. The third-order valence-electron chi connectivity index (χ3n) is 5.38. The summed E-state index contributed by atoms with van der Waals surface area (Å²) in [5.74, 6) is 0.360. The molecular formula is C22H24ClFN2O3. The fraction of sp³-hybridized carbons (Fsp3) is 0.409. The number of hydrogen-bond donors (Lipinski definition) is 1. The van der Waals surface area contributed by atoms with Crippen LogP contribution in [0.3, 0.4) is 0 Å². The van der Waals surface area contributed by atoms with Gasteiger partial charge in [-0.3, -0.25) is 9.69 Å². The number of amides is 1. The summed E-state index contributed by atoms with van der Waals surface area (Å²) in [6, 6.07) is 10.5. The molecule has 2 aliphatic heterocycles. The minimum absolute atomic E-state index is 0.0451. The van der Waals surface area contributed by atoms with Crippen LogP contribution in [0.25, 0.3) is 11.1 Å². The van der Waals surface area contributed by atoms with Gasteiger partial charge >= 0.3 is 0 Å². The first-order valence-electron chi connectivity index (χ1n) is 9.92. The van der Waals surface area contributed by atoms with E-state index in [1.165, 1.54) is 6.07 Å². The lowest BCUT2D eigenvalue weighted by Gasteiger charge is -2.25. The Morgan fingerprint density at radius 2 is 1.93 bits per heavy atom. The average Bonchev–Trinajstić information content (AvgIpc) is 3.18. The van der Waals surface area contributed by atoms with E-state index in [1.807, 2.05) is 18.2 Å². The van der Waals surface area contributed by atoms with Crippen LogP contribution in [0.5, 0.6) is 5.75 Å². The van der Waals surface area contributed by atoms with E-state index in [4.69, 9.17) is 21.1 Å². The van der Waals surface area contributed by atoms with Crippen molar-refractivity contribution in [1.29, 1.82) is 0 Å². The molecule has 154 valence electrons. The summed E-state index contributed by atoms with van der Waals surface area (Å²) in [6.45, 7) is 3.30. The highest BCUT2D eigenvalue weighted by atomic mass is 35.5. The summed E-state index contributed by atoms with van der Waals surface area (Å²) in [5.41, 5.74) is 2.59. The maximum Gasteiger partial charge on any atom is 0.237 e. The summed E-state index contributed by atoms with van der Waals surface area (Å²) in [7, 11) is 0. The first-order valence-corrected chi connectivity index (χ1v) is 10.3. The summed E-state index contributed by atoms with van der Waals surface area (Å²) in [6.07, 6.45) is 1.82. The number of hydrogen-bond acceptors (Lipinski definition) is 4. The van der Waals surface area contributed by atoms with Gasteiger partial charge in [0.25, 0.3) is 0 Å². The number of ether oxygens (including phenoxy) is 2. The van der Waals surface area contributed by atoms with Gasteiger partial charge in [-0.2, -0.15) is 0 Å². The zero-order valence-corrected chi connectivity index (χ0v) is 16.9. The summed E-state index contributed by atoms with van der Waals surface area (Å²) >= 11 is 5.82. The van der Waals surface area contributed by atoms with Crippen molar-refractivity contribution in [2.45, 2.75) is 25.4 Å². The summed E-state index contributed by atoms with van der Waals surface area (Å²) in [4.78, 5) is 14.8. The molecule has 4 rings (SSSR count). The zero-order chi connectivity index (χ0) is 20.2. The number of fused-ring (bicyclic) bond motifs is 2. The Morgan fingerprint density at radius 1 is 1.10 bits per heavy atom. The highest BCUT2D eigenvalue weighted by molar-refractivity contribution is 6.30. The molecular weight excluding hydrogens is 395 g/mol. The van der Waals surface area contributed by atoms with Gasteiger partial charge < -0.3 is 14.8 Å². The van der Waals surface area contributed by atoms with E-state index < -0.39 is 5.82 Å². The molecule has 2 aliphatic rings. The standard InChI is InChI=1S/C22H24ClFN2O3/c23-18-5-3-16(13-19(18)24)15-4-6-21-17(12-15)14-26-8-1-2-20(26)22(27)25-7-9-28-10-11-29-21/h3-6,12-13,20H,1-2,7-11,14H2,(H,25,27)/t20-/m0/s1. The number of halogens is 2. The monoisotopic (exact) mass is 418 g/mol. The maximum atomic E-state index is 13.9. The second kappa shape index (κ2) is 9.11. The average molecular weight is 419 g/mol. The Labute approximate surface area is 174 Å². The summed E-state index contributed by atoms with van der Waals surface area (Å²) in [5, 5.41) is 3.07. The predicted octanol–water partition coefficient (Wildman–Crippen LogP) is 3.64. The molecule has 0 unspecified atom stereocenters. The predicted molar refractivity (Wildman–Crippen MR) is 110 cm³/mol. The molecule has 0 aliphatic carbocycles. The minimum Gasteiger partial charge on any atom is -0.491 e. The zero-order valence-electron chi connectivity index (χ0n) is 16.1. The molecule has 0 saturated carbocycles.